The Morgan fingerprint density at radius 1 is 1.33 bits per heavy atom. The molecular weight excluding hydrogens is 248 g/mol. The fourth-order valence-corrected chi connectivity index (χ4v) is 3.81. The maximum atomic E-state index is 10.2. The van der Waals surface area contributed by atoms with Crippen molar-refractivity contribution in [3.8, 4) is 0 Å². The second-order valence-corrected chi connectivity index (χ2v) is 6.08. The molecule has 0 saturated carbocycles. The molecule has 4 heteroatoms. The van der Waals surface area contributed by atoms with Crippen molar-refractivity contribution in [3.05, 3.63) is 42.7 Å². The van der Waals surface area contributed by atoms with Gasteiger partial charge in [0.15, 0.2) is 0 Å². The molecule has 2 heterocycles. The molecule has 0 fully saturated rings. The van der Waals surface area contributed by atoms with Crippen LogP contribution in [0.5, 0.6) is 0 Å². The van der Waals surface area contributed by atoms with Crippen molar-refractivity contribution >= 4 is 34.3 Å². The molecule has 15 heavy (non-hydrogen) atoms. The van der Waals surface area contributed by atoms with Gasteiger partial charge in [-0.2, -0.15) is 0 Å². The van der Waals surface area contributed by atoms with Crippen molar-refractivity contribution in [1.82, 2.24) is 0 Å². The summed E-state index contributed by atoms with van der Waals surface area (Å²) in [4.78, 5) is 3.05. The highest BCUT2D eigenvalue weighted by atomic mass is 35.5. The lowest BCUT2D eigenvalue weighted by Crippen LogP contribution is -1.96. The predicted octanol–water partition coefficient (Wildman–Crippen LogP) is 4.16. The van der Waals surface area contributed by atoms with Crippen LogP contribution in [0.25, 0.3) is 0 Å². The van der Waals surface area contributed by atoms with E-state index >= 15 is 0 Å². The summed E-state index contributed by atoms with van der Waals surface area (Å²) in [5.74, 6) is 0. The van der Waals surface area contributed by atoms with Crippen LogP contribution in [0.1, 0.15) is 26.3 Å². The maximum absolute atomic E-state index is 10.2. The van der Waals surface area contributed by atoms with Crippen molar-refractivity contribution in [3.63, 3.8) is 0 Å². The second-order valence-electron chi connectivity index (χ2n) is 3.44. The highest BCUT2D eigenvalue weighted by Gasteiger charge is 2.19. The largest absolute Gasteiger partial charge is 0.382 e. The molecule has 1 nitrogen and oxygen atoms in total. The molecule has 0 bridgehead atoms. The van der Waals surface area contributed by atoms with Crippen LogP contribution in [0.4, 0.5) is 0 Å². The molecule has 1 unspecified atom stereocenters. The first-order chi connectivity index (χ1) is 7.09. The molecule has 0 saturated heterocycles. The molecule has 2 rings (SSSR count). The summed E-state index contributed by atoms with van der Waals surface area (Å²) in [6.07, 6.45) is -0.573. The standard InChI is InChI=1S/C11H11ClOS2/c1-6-5-7(2)15-10(6)9(13)11-8(12)3-4-14-11/h3-5,9,13H,1-2H3. The number of aliphatic hydroxyl groups is 1. The minimum atomic E-state index is -0.573. The first-order valence-electron chi connectivity index (χ1n) is 4.57. The van der Waals surface area contributed by atoms with E-state index in [2.05, 4.69) is 6.07 Å². The smallest absolute Gasteiger partial charge is 0.124 e. The molecule has 80 valence electrons. The molecule has 0 radical (unpaired) electrons. The van der Waals surface area contributed by atoms with Crippen LogP contribution in [0.15, 0.2) is 17.5 Å². The van der Waals surface area contributed by atoms with E-state index in [1.807, 2.05) is 25.3 Å². The fraction of sp³-hybridized carbons (Fsp3) is 0.273. The van der Waals surface area contributed by atoms with E-state index < -0.39 is 6.10 Å². The van der Waals surface area contributed by atoms with Crippen molar-refractivity contribution < 1.29 is 5.11 Å². The van der Waals surface area contributed by atoms with Gasteiger partial charge in [-0.25, -0.2) is 0 Å². The van der Waals surface area contributed by atoms with E-state index in [-0.39, 0.29) is 0 Å². The molecule has 1 N–H and O–H groups in total. The SMILES string of the molecule is Cc1cc(C)c(C(O)c2sccc2Cl)s1. The Morgan fingerprint density at radius 2 is 2.07 bits per heavy atom. The number of hydrogen-bond acceptors (Lipinski definition) is 3. The van der Waals surface area contributed by atoms with Crippen LogP contribution >= 0.6 is 34.3 Å². The third-order valence-corrected chi connectivity index (χ3v) is 4.84. The van der Waals surface area contributed by atoms with Gasteiger partial charge in [0.2, 0.25) is 0 Å². The molecule has 2 aromatic rings. The van der Waals surface area contributed by atoms with Gasteiger partial charge in [0.25, 0.3) is 0 Å². The Labute approximate surface area is 102 Å². The van der Waals surface area contributed by atoms with Gasteiger partial charge < -0.3 is 5.11 Å². The number of aryl methyl sites for hydroxylation is 2. The maximum Gasteiger partial charge on any atom is 0.124 e. The quantitative estimate of drug-likeness (QED) is 0.858. The normalized spacial score (nSPS) is 13.1. The van der Waals surface area contributed by atoms with Gasteiger partial charge in [-0.3, -0.25) is 0 Å². The van der Waals surface area contributed by atoms with E-state index in [4.69, 9.17) is 11.6 Å². The number of halogens is 1. The second kappa shape index (κ2) is 4.26. The van der Waals surface area contributed by atoms with Crippen molar-refractivity contribution in [2.75, 3.05) is 0 Å². The number of rotatable bonds is 2. The van der Waals surface area contributed by atoms with Gasteiger partial charge in [0, 0.05) is 9.75 Å². The zero-order chi connectivity index (χ0) is 11.0. The summed E-state index contributed by atoms with van der Waals surface area (Å²) in [5.41, 5.74) is 1.13. The topological polar surface area (TPSA) is 20.2 Å². The summed E-state index contributed by atoms with van der Waals surface area (Å²) in [6, 6.07) is 3.91. The van der Waals surface area contributed by atoms with Gasteiger partial charge in [-0.1, -0.05) is 11.6 Å². The lowest BCUT2D eigenvalue weighted by atomic mass is 10.2. The van der Waals surface area contributed by atoms with Crippen molar-refractivity contribution in [1.29, 1.82) is 0 Å². The summed E-state index contributed by atoms with van der Waals surface area (Å²) in [6.45, 7) is 4.06. The molecule has 0 amide bonds. The van der Waals surface area contributed by atoms with Crippen molar-refractivity contribution in [2.24, 2.45) is 0 Å². The highest BCUT2D eigenvalue weighted by molar-refractivity contribution is 7.13. The molecule has 0 aliphatic carbocycles. The van der Waals surface area contributed by atoms with Gasteiger partial charge in [-0.15, -0.1) is 22.7 Å². The molecular formula is C11H11ClOS2. The average molecular weight is 259 g/mol. The number of thiophene rings is 2. The highest BCUT2D eigenvalue weighted by Crippen LogP contribution is 2.37. The Bertz CT molecular complexity index is 473. The summed E-state index contributed by atoms with van der Waals surface area (Å²) in [7, 11) is 0. The summed E-state index contributed by atoms with van der Waals surface area (Å²) < 4.78 is 0. The fourth-order valence-electron chi connectivity index (χ4n) is 1.55. The van der Waals surface area contributed by atoms with Crippen LogP contribution in [0, 0.1) is 13.8 Å². The van der Waals surface area contributed by atoms with Crippen molar-refractivity contribution in [2.45, 2.75) is 20.0 Å². The lowest BCUT2D eigenvalue weighted by molar-refractivity contribution is 0.227. The molecule has 1 atom stereocenters. The predicted molar refractivity (Wildman–Crippen MR) is 67.2 cm³/mol. The monoisotopic (exact) mass is 258 g/mol. The molecule has 0 aromatic carbocycles. The number of aliphatic hydroxyl groups excluding tert-OH is 1. The Morgan fingerprint density at radius 3 is 2.53 bits per heavy atom. The zero-order valence-electron chi connectivity index (χ0n) is 8.45. The molecule has 2 aromatic heterocycles. The Balaban J connectivity index is 2.40. The van der Waals surface area contributed by atoms with E-state index in [0.717, 1.165) is 15.3 Å². The van der Waals surface area contributed by atoms with Gasteiger partial charge >= 0.3 is 0 Å². The van der Waals surface area contributed by atoms with Gasteiger partial charge in [0.1, 0.15) is 6.10 Å². The van der Waals surface area contributed by atoms with E-state index in [1.54, 1.807) is 11.3 Å². The third-order valence-electron chi connectivity index (χ3n) is 2.22. The first kappa shape index (κ1) is 11.1. The molecule has 0 aliphatic rings. The zero-order valence-corrected chi connectivity index (χ0v) is 10.8. The molecule has 0 spiro atoms. The summed E-state index contributed by atoms with van der Waals surface area (Å²) >= 11 is 9.12. The molecule has 0 aliphatic heterocycles. The van der Waals surface area contributed by atoms with Gasteiger partial charge in [0.05, 0.1) is 9.90 Å². The Hall–Kier alpha value is -0.350. The van der Waals surface area contributed by atoms with Crippen LogP contribution in [-0.4, -0.2) is 5.11 Å². The third kappa shape index (κ3) is 2.11. The number of hydrogen-bond donors (Lipinski definition) is 1. The first-order valence-corrected chi connectivity index (χ1v) is 6.65. The van der Waals surface area contributed by atoms with Gasteiger partial charge in [-0.05, 0) is 36.9 Å². The Kier molecular flexibility index (Phi) is 3.16. The average Bonchev–Trinajstić information content (AvgIpc) is 2.71. The van der Waals surface area contributed by atoms with Crippen LogP contribution in [0.3, 0.4) is 0 Å². The minimum Gasteiger partial charge on any atom is -0.382 e. The van der Waals surface area contributed by atoms with E-state index in [1.165, 1.54) is 16.2 Å². The lowest BCUT2D eigenvalue weighted by Gasteiger charge is -2.08. The minimum absolute atomic E-state index is 0.573. The van der Waals surface area contributed by atoms with E-state index in [9.17, 15) is 5.11 Å². The van der Waals surface area contributed by atoms with Crippen LogP contribution in [0.2, 0.25) is 5.02 Å². The van der Waals surface area contributed by atoms with E-state index in [0.29, 0.717) is 5.02 Å². The summed E-state index contributed by atoms with van der Waals surface area (Å²) in [5, 5.41) is 12.7. The van der Waals surface area contributed by atoms with Crippen LogP contribution < -0.4 is 0 Å². The van der Waals surface area contributed by atoms with Crippen LogP contribution in [-0.2, 0) is 0 Å².